The van der Waals surface area contributed by atoms with E-state index in [1.807, 2.05) is 13.8 Å². The Bertz CT molecular complexity index is 232. The molecule has 2 unspecified atom stereocenters. The highest BCUT2D eigenvalue weighted by molar-refractivity contribution is 5.72. The molecule has 0 bridgehead atoms. The van der Waals surface area contributed by atoms with Crippen LogP contribution >= 0.6 is 0 Å². The van der Waals surface area contributed by atoms with Gasteiger partial charge >= 0.3 is 5.97 Å². The average molecular weight is 258 g/mol. The number of hydrogen-bond acceptors (Lipinski definition) is 4. The topological polar surface area (TPSA) is 41.6 Å². The monoisotopic (exact) mass is 258 g/mol. The second-order valence-corrected chi connectivity index (χ2v) is 5.34. The van der Waals surface area contributed by atoms with Gasteiger partial charge in [0.25, 0.3) is 0 Å². The molecule has 0 aromatic rings. The van der Waals surface area contributed by atoms with E-state index in [9.17, 15) is 4.79 Å². The first-order valence-corrected chi connectivity index (χ1v) is 6.91. The van der Waals surface area contributed by atoms with Crippen molar-refractivity contribution in [2.75, 3.05) is 27.2 Å². The zero-order valence-electron chi connectivity index (χ0n) is 12.8. The molecule has 0 aliphatic heterocycles. The molecule has 0 spiro atoms. The van der Waals surface area contributed by atoms with Crippen LogP contribution in [0.1, 0.15) is 40.5 Å². The minimum atomic E-state index is -0.144. The first-order chi connectivity index (χ1) is 8.40. The van der Waals surface area contributed by atoms with Crippen LogP contribution in [0, 0.1) is 5.92 Å². The molecule has 0 radical (unpaired) electrons. The van der Waals surface area contributed by atoms with Crippen LogP contribution in [0.3, 0.4) is 0 Å². The SMILES string of the molecule is COC(=O)C(C)C(C)NCCCCN(C)C(C)C. The summed E-state index contributed by atoms with van der Waals surface area (Å²) in [5.41, 5.74) is 0. The van der Waals surface area contributed by atoms with Gasteiger partial charge in [-0.05, 0) is 53.8 Å². The first kappa shape index (κ1) is 17.4. The van der Waals surface area contributed by atoms with E-state index in [4.69, 9.17) is 4.74 Å². The predicted octanol–water partition coefficient (Wildman–Crippen LogP) is 1.89. The van der Waals surface area contributed by atoms with Crippen molar-refractivity contribution >= 4 is 5.97 Å². The fraction of sp³-hybridized carbons (Fsp3) is 0.929. The van der Waals surface area contributed by atoms with Gasteiger partial charge in [-0.15, -0.1) is 0 Å². The quantitative estimate of drug-likeness (QED) is 0.506. The largest absolute Gasteiger partial charge is 0.469 e. The lowest BCUT2D eigenvalue weighted by Gasteiger charge is -2.22. The summed E-state index contributed by atoms with van der Waals surface area (Å²) >= 11 is 0. The van der Waals surface area contributed by atoms with E-state index in [0.29, 0.717) is 6.04 Å². The van der Waals surface area contributed by atoms with Crippen LogP contribution < -0.4 is 5.32 Å². The molecule has 0 heterocycles. The Labute approximate surface area is 112 Å². The second-order valence-electron chi connectivity index (χ2n) is 5.34. The lowest BCUT2D eigenvalue weighted by molar-refractivity contribution is -0.145. The van der Waals surface area contributed by atoms with E-state index in [1.165, 1.54) is 13.5 Å². The maximum Gasteiger partial charge on any atom is 0.309 e. The minimum Gasteiger partial charge on any atom is -0.469 e. The number of unbranched alkanes of at least 4 members (excludes halogenated alkanes) is 1. The molecule has 108 valence electrons. The highest BCUT2D eigenvalue weighted by atomic mass is 16.5. The van der Waals surface area contributed by atoms with Gasteiger partial charge in [0.05, 0.1) is 13.0 Å². The van der Waals surface area contributed by atoms with Gasteiger partial charge in [0.2, 0.25) is 0 Å². The molecule has 4 heteroatoms. The second kappa shape index (κ2) is 9.34. The smallest absolute Gasteiger partial charge is 0.309 e. The standard InChI is InChI=1S/C14H30N2O2/c1-11(2)16(5)10-8-7-9-15-13(4)12(3)14(17)18-6/h11-13,15H,7-10H2,1-6H3. The molecular weight excluding hydrogens is 228 g/mol. The Morgan fingerprint density at radius 2 is 1.83 bits per heavy atom. The molecule has 0 aliphatic carbocycles. The first-order valence-electron chi connectivity index (χ1n) is 6.91. The fourth-order valence-electron chi connectivity index (χ4n) is 1.64. The molecule has 0 aromatic carbocycles. The van der Waals surface area contributed by atoms with Gasteiger partial charge in [-0.3, -0.25) is 4.79 Å². The van der Waals surface area contributed by atoms with Gasteiger partial charge in [0.1, 0.15) is 0 Å². The lowest BCUT2D eigenvalue weighted by Crippen LogP contribution is -2.37. The number of carbonyl (C=O) groups excluding carboxylic acids is 1. The van der Waals surface area contributed by atoms with Crippen LogP contribution in [0.4, 0.5) is 0 Å². The normalized spacial score (nSPS) is 14.9. The van der Waals surface area contributed by atoms with Gasteiger partial charge in [-0.2, -0.15) is 0 Å². The van der Waals surface area contributed by atoms with E-state index in [1.54, 1.807) is 0 Å². The van der Waals surface area contributed by atoms with Gasteiger partial charge < -0.3 is 15.0 Å². The van der Waals surface area contributed by atoms with Crippen LogP contribution in [0.25, 0.3) is 0 Å². The van der Waals surface area contributed by atoms with Gasteiger partial charge in [-0.25, -0.2) is 0 Å². The molecule has 1 N–H and O–H groups in total. The zero-order valence-corrected chi connectivity index (χ0v) is 12.8. The third kappa shape index (κ3) is 6.97. The number of nitrogens with one attached hydrogen (secondary N) is 1. The van der Waals surface area contributed by atoms with Crippen molar-refractivity contribution in [3.63, 3.8) is 0 Å². The maximum absolute atomic E-state index is 11.3. The molecule has 0 rings (SSSR count). The Morgan fingerprint density at radius 3 is 2.33 bits per heavy atom. The van der Waals surface area contributed by atoms with Gasteiger partial charge in [-0.1, -0.05) is 6.92 Å². The molecule has 18 heavy (non-hydrogen) atoms. The molecule has 0 fully saturated rings. The molecule has 2 atom stereocenters. The molecule has 0 aliphatic rings. The van der Waals surface area contributed by atoms with E-state index in [0.717, 1.165) is 19.5 Å². The number of carbonyl (C=O) groups is 1. The Morgan fingerprint density at radius 1 is 1.22 bits per heavy atom. The summed E-state index contributed by atoms with van der Waals surface area (Å²) in [6.45, 7) is 10.4. The Balaban J connectivity index is 3.63. The molecule has 4 nitrogen and oxygen atoms in total. The van der Waals surface area contributed by atoms with Crippen LogP contribution in [-0.4, -0.2) is 50.2 Å². The van der Waals surface area contributed by atoms with Crippen molar-refractivity contribution in [3.8, 4) is 0 Å². The van der Waals surface area contributed by atoms with Crippen molar-refractivity contribution in [2.24, 2.45) is 5.92 Å². The van der Waals surface area contributed by atoms with Crippen LogP contribution in [-0.2, 0) is 9.53 Å². The number of esters is 1. The average Bonchev–Trinajstić information content (AvgIpc) is 2.35. The summed E-state index contributed by atoms with van der Waals surface area (Å²) in [6, 6.07) is 0.775. The van der Waals surface area contributed by atoms with Gasteiger partial charge in [0, 0.05) is 12.1 Å². The summed E-state index contributed by atoms with van der Waals surface area (Å²) in [6.07, 6.45) is 2.32. The Kier molecular flexibility index (Phi) is 9.02. The predicted molar refractivity (Wildman–Crippen MR) is 75.6 cm³/mol. The molecule has 0 amide bonds. The van der Waals surface area contributed by atoms with Crippen LogP contribution in [0.15, 0.2) is 0 Å². The van der Waals surface area contributed by atoms with Gasteiger partial charge in [0.15, 0.2) is 0 Å². The van der Waals surface area contributed by atoms with E-state index in [-0.39, 0.29) is 17.9 Å². The molecule has 0 saturated carbocycles. The number of rotatable bonds is 9. The van der Waals surface area contributed by atoms with Crippen molar-refractivity contribution in [1.29, 1.82) is 0 Å². The fourth-order valence-corrected chi connectivity index (χ4v) is 1.64. The van der Waals surface area contributed by atoms with Crippen molar-refractivity contribution in [3.05, 3.63) is 0 Å². The third-order valence-electron chi connectivity index (χ3n) is 3.61. The summed E-state index contributed by atoms with van der Waals surface area (Å²) in [5, 5.41) is 3.38. The summed E-state index contributed by atoms with van der Waals surface area (Å²) < 4.78 is 4.73. The van der Waals surface area contributed by atoms with E-state index < -0.39 is 0 Å². The maximum atomic E-state index is 11.3. The minimum absolute atomic E-state index is 0.0895. The van der Waals surface area contributed by atoms with Crippen molar-refractivity contribution in [1.82, 2.24) is 10.2 Å². The van der Waals surface area contributed by atoms with Crippen molar-refractivity contribution in [2.45, 2.75) is 52.6 Å². The Hall–Kier alpha value is -0.610. The molecule has 0 aromatic heterocycles. The third-order valence-corrected chi connectivity index (χ3v) is 3.61. The van der Waals surface area contributed by atoms with E-state index >= 15 is 0 Å². The summed E-state index contributed by atoms with van der Waals surface area (Å²) in [7, 11) is 3.59. The molecule has 0 saturated heterocycles. The van der Waals surface area contributed by atoms with Crippen LogP contribution in [0.2, 0.25) is 0 Å². The lowest BCUT2D eigenvalue weighted by atomic mass is 10.0. The van der Waals surface area contributed by atoms with Crippen molar-refractivity contribution < 1.29 is 9.53 Å². The number of methoxy groups -OCH3 is 1. The number of nitrogens with zero attached hydrogens (tertiary/aromatic N) is 1. The summed E-state index contributed by atoms with van der Waals surface area (Å²) in [5.74, 6) is -0.233. The molecular formula is C14H30N2O2. The highest BCUT2D eigenvalue weighted by Gasteiger charge is 2.19. The van der Waals surface area contributed by atoms with E-state index in [2.05, 4.69) is 31.1 Å². The van der Waals surface area contributed by atoms with Crippen LogP contribution in [0.5, 0.6) is 0 Å². The summed E-state index contributed by atoms with van der Waals surface area (Å²) in [4.78, 5) is 13.7. The number of hydrogen-bond donors (Lipinski definition) is 1. The number of ether oxygens (including phenoxy) is 1. The zero-order chi connectivity index (χ0) is 14.1. The highest BCUT2D eigenvalue weighted by Crippen LogP contribution is 2.05.